The smallest absolute Gasteiger partial charge is 0.325 e. The number of ketones is 1. The van der Waals surface area contributed by atoms with Gasteiger partial charge in [0.1, 0.15) is 30.9 Å². The molecule has 1 aliphatic carbocycles. The number of benzene rings is 2. The minimum absolute atomic E-state index is 0.0791. The third-order valence-electron chi connectivity index (χ3n) is 17.2. The Hall–Kier alpha value is -8.01. The molecule has 1 fully saturated rings. The molecule has 29 heteroatoms. The Morgan fingerprint density at radius 2 is 1.30 bits per heavy atom. The molecule has 5 aliphatic rings. The monoisotopic (exact) mass is 1330 g/mol. The minimum atomic E-state index is -4.80. The summed E-state index contributed by atoms with van der Waals surface area (Å²) < 4.78 is 52.6. The van der Waals surface area contributed by atoms with Gasteiger partial charge < -0.3 is 50.9 Å². The number of Topliss-reactive ketones (excluding diaryl/α,β-unsaturated/α-hetero) is 1. The molecule has 0 radical (unpaired) electrons. The Balaban J connectivity index is 0.838. The summed E-state index contributed by atoms with van der Waals surface area (Å²) >= 11 is 0. The second-order valence-electron chi connectivity index (χ2n) is 24.7. The van der Waals surface area contributed by atoms with Crippen LogP contribution in [0.3, 0.4) is 0 Å². The van der Waals surface area contributed by atoms with E-state index in [0.29, 0.717) is 49.1 Å². The molecule has 4 heterocycles. The lowest BCUT2D eigenvalue weighted by Gasteiger charge is -2.37. The number of para-hydroxylation sites is 2. The van der Waals surface area contributed by atoms with Crippen LogP contribution in [0, 0.1) is 0 Å². The normalized spacial score (nSPS) is 18.8. The van der Waals surface area contributed by atoms with Gasteiger partial charge >= 0.3 is 7.60 Å². The van der Waals surface area contributed by atoms with Crippen molar-refractivity contribution in [2.75, 3.05) is 76.8 Å². The molecule has 0 spiro atoms. The van der Waals surface area contributed by atoms with Gasteiger partial charge in [0.25, 0.3) is 21.9 Å². The maximum absolute atomic E-state index is 14.6. The number of allylic oxidation sites excluding steroid dienone is 5. The Morgan fingerprint density at radius 3 is 1.91 bits per heavy atom. The molecular weight excluding hydrogens is 1240 g/mol. The predicted molar refractivity (Wildman–Crippen MR) is 343 cm³/mol. The Bertz CT molecular complexity index is 3570. The highest BCUT2D eigenvalue weighted by molar-refractivity contribution is 7.85. The standard InChI is InChI=1S/C64H85N10O17PS/c1-63(2)43-18-7-9-20-47(43)71(5)50(63)38-41-58(42(59(41)81)39-51-64(3,4)44-19-8-10-21-48(44)72(51)6)73-33-17-22-49(73)62(84)70-55(78)25-12-11-24-54(77)69-46(40-93(88,89)90)61(83)67-31-16-14-26-53(76)68-45(29-37-92(85,86)87)60(82)66-30-15-13-23-52(75)65-32-35-91-36-34-74-56(79)27-28-57(74)80/h7-10,18-21,27-28,38-39,45-46,49H,11-17,22-26,29-37,40H2,1-6H3,(H8-,65,66,67,68,69,70,75,76,77,78,82,83,84,85,86,87,88,89,90)/p+1. The van der Waals surface area contributed by atoms with E-state index in [-0.39, 0.29) is 102 Å². The predicted octanol–water partition coefficient (Wildman–Crippen LogP) is 2.49. The number of carbonyl (C=O) groups is 10. The van der Waals surface area contributed by atoms with E-state index in [4.69, 9.17) is 4.74 Å². The molecule has 93 heavy (non-hydrogen) atoms. The lowest BCUT2D eigenvalue weighted by atomic mass is 9.76. The lowest BCUT2D eigenvalue weighted by Crippen LogP contribution is -2.50. The first-order valence-electron chi connectivity index (χ1n) is 31.3. The number of ether oxygens (including phenoxy) is 1. The van der Waals surface area contributed by atoms with Gasteiger partial charge in [0, 0.05) is 111 Å². The number of anilines is 1. The summed E-state index contributed by atoms with van der Waals surface area (Å²) in [5.41, 5.74) is 6.77. The third-order valence-corrected chi connectivity index (χ3v) is 18.8. The number of imide groups is 2. The molecular formula is C64H86N10O17PS+. The number of likely N-dealkylation sites (N-methyl/N-ethyl adjacent to an activating group) is 1. The molecule has 27 nitrogen and oxygen atoms in total. The number of amides is 9. The van der Waals surface area contributed by atoms with Gasteiger partial charge in [-0.25, -0.2) is 0 Å². The molecule has 9 amide bonds. The van der Waals surface area contributed by atoms with E-state index in [2.05, 4.69) is 81.2 Å². The van der Waals surface area contributed by atoms with Crippen molar-refractivity contribution >= 4 is 93.7 Å². The van der Waals surface area contributed by atoms with E-state index in [1.165, 1.54) is 12.2 Å². The SMILES string of the molecule is CN1C(=CC2=C(N3CCCC3C(=O)NC(=O)CCCCC(=O)NC(CS(=O)(=O)O)C(=O)NCCCCC(=O)NC(CCP(=O)(O)O)C(=O)NCCCCC(=O)NCCOCCN3C(=O)C=CC3=O)C(=CC3=[N+](C)c4ccccc4C3(C)C)C2=O)C(C)(C)c2ccccc21. The summed E-state index contributed by atoms with van der Waals surface area (Å²) in [6, 6.07) is 12.3. The summed E-state index contributed by atoms with van der Waals surface area (Å²) in [5.74, 6) is -6.68. The van der Waals surface area contributed by atoms with Crippen LogP contribution in [0.2, 0.25) is 0 Å². The highest BCUT2D eigenvalue weighted by atomic mass is 32.2. The zero-order chi connectivity index (χ0) is 68.0. The van der Waals surface area contributed by atoms with Gasteiger partial charge in [-0.05, 0) is 89.3 Å². The van der Waals surface area contributed by atoms with Crippen LogP contribution in [0.15, 0.2) is 95.4 Å². The van der Waals surface area contributed by atoms with E-state index >= 15 is 0 Å². The maximum atomic E-state index is 14.6. The number of nitrogens with one attached hydrogen (secondary N) is 6. The van der Waals surface area contributed by atoms with E-state index in [9.17, 15) is 75.3 Å². The average Bonchev–Trinajstić information content (AvgIpc) is 1.67. The largest absolute Gasteiger partial charge is 0.378 e. The fourth-order valence-electron chi connectivity index (χ4n) is 12.2. The van der Waals surface area contributed by atoms with Crippen LogP contribution in [0.25, 0.3) is 0 Å². The number of carbonyl (C=O) groups excluding carboxylic acids is 10. The summed E-state index contributed by atoms with van der Waals surface area (Å²) in [6.07, 6.45) is 6.81. The fraction of sp³-hybridized carbons (Fsp3) is 0.516. The minimum Gasteiger partial charge on any atom is -0.378 e. The van der Waals surface area contributed by atoms with E-state index < -0.39 is 112 Å². The Labute approximate surface area is 541 Å². The molecule has 0 bridgehead atoms. The molecule has 2 aromatic carbocycles. The molecule has 9 N–H and O–H groups in total. The van der Waals surface area contributed by atoms with E-state index in [0.717, 1.165) is 38.8 Å². The van der Waals surface area contributed by atoms with Crippen molar-refractivity contribution in [3.05, 3.63) is 107 Å². The number of rotatable bonds is 34. The maximum Gasteiger partial charge on any atom is 0.325 e. The molecule has 4 aliphatic heterocycles. The van der Waals surface area contributed by atoms with Crippen LogP contribution in [-0.2, 0) is 78.2 Å². The first-order chi connectivity index (χ1) is 43.9. The van der Waals surface area contributed by atoms with Crippen LogP contribution in [0.1, 0.15) is 122 Å². The average molecular weight is 1330 g/mol. The molecule has 3 atom stereocenters. The molecule has 1 saturated heterocycles. The molecule has 7 rings (SSSR count). The first-order valence-corrected chi connectivity index (χ1v) is 34.7. The molecule has 0 saturated carbocycles. The zero-order valence-electron chi connectivity index (χ0n) is 53.4. The second kappa shape index (κ2) is 31.7. The van der Waals surface area contributed by atoms with Crippen LogP contribution >= 0.6 is 7.60 Å². The van der Waals surface area contributed by atoms with Crippen LogP contribution < -0.4 is 36.8 Å². The third kappa shape index (κ3) is 19.1. The summed E-state index contributed by atoms with van der Waals surface area (Å²) in [7, 11) is -5.43. The van der Waals surface area contributed by atoms with Crippen molar-refractivity contribution in [2.45, 2.75) is 140 Å². The highest BCUT2D eigenvalue weighted by Gasteiger charge is 2.49. The molecule has 3 unspecified atom stereocenters. The van der Waals surface area contributed by atoms with Gasteiger partial charge in [-0.15, -0.1) is 0 Å². The van der Waals surface area contributed by atoms with Crippen molar-refractivity contribution in [3.63, 3.8) is 0 Å². The van der Waals surface area contributed by atoms with Gasteiger partial charge in [0.15, 0.2) is 11.5 Å². The second-order valence-corrected chi connectivity index (χ2v) is 28.0. The number of hydrogen-bond acceptors (Lipinski definition) is 16. The molecule has 2 aromatic rings. The van der Waals surface area contributed by atoms with Crippen molar-refractivity contribution in [1.29, 1.82) is 0 Å². The van der Waals surface area contributed by atoms with Gasteiger partial charge in [0.2, 0.25) is 47.0 Å². The van der Waals surface area contributed by atoms with Crippen molar-refractivity contribution < 1.29 is 84.6 Å². The Morgan fingerprint density at radius 1 is 0.731 bits per heavy atom. The lowest BCUT2D eigenvalue weighted by molar-refractivity contribution is -0.401. The summed E-state index contributed by atoms with van der Waals surface area (Å²) in [4.78, 5) is 154. The van der Waals surface area contributed by atoms with Gasteiger partial charge in [-0.2, -0.15) is 13.0 Å². The van der Waals surface area contributed by atoms with Gasteiger partial charge in [0.05, 0.1) is 42.6 Å². The number of fused-ring (bicyclic) bond motifs is 2. The number of unbranched alkanes of at least 4 members (excludes halogenated alkanes) is 3. The van der Waals surface area contributed by atoms with Gasteiger partial charge in [-0.3, -0.25) is 67.3 Å². The topological polar surface area (TPSA) is 377 Å². The first kappa shape index (κ1) is 72.4. The van der Waals surface area contributed by atoms with Crippen molar-refractivity contribution in [2.24, 2.45) is 0 Å². The number of nitrogens with zero attached hydrogens (tertiary/aromatic N) is 4. The quantitative estimate of drug-likeness (QED) is 0.0121. The fourth-order valence-corrected chi connectivity index (χ4v) is 13.5. The van der Waals surface area contributed by atoms with Crippen LogP contribution in [-0.4, -0.2) is 192 Å². The van der Waals surface area contributed by atoms with E-state index in [1.54, 1.807) is 0 Å². The van der Waals surface area contributed by atoms with Crippen molar-refractivity contribution in [1.82, 2.24) is 41.7 Å². The van der Waals surface area contributed by atoms with Gasteiger partial charge in [-0.1, -0.05) is 50.2 Å². The molecule has 504 valence electrons. The van der Waals surface area contributed by atoms with Crippen molar-refractivity contribution in [3.8, 4) is 0 Å². The summed E-state index contributed by atoms with van der Waals surface area (Å²) in [6.45, 7) is 9.36. The summed E-state index contributed by atoms with van der Waals surface area (Å²) in [5, 5.41) is 15.0. The molecule has 0 aromatic heterocycles. The number of likely N-dealkylation sites (tertiary alicyclic amines) is 1. The number of hydrogen-bond donors (Lipinski definition) is 9. The van der Waals surface area contributed by atoms with Crippen LogP contribution in [0.4, 0.5) is 11.4 Å². The van der Waals surface area contributed by atoms with Crippen LogP contribution in [0.5, 0.6) is 0 Å². The highest BCUT2D eigenvalue weighted by Crippen LogP contribution is 2.49. The Kier molecular flexibility index (Phi) is 24.7. The van der Waals surface area contributed by atoms with E-state index in [1.807, 2.05) is 67.5 Å². The zero-order valence-corrected chi connectivity index (χ0v) is 55.1.